The smallest absolute Gasteiger partial charge is 0.406 e. The fraction of sp³-hybridized carbons (Fsp3) is 0.188. The van der Waals surface area contributed by atoms with Crippen LogP contribution >= 0.6 is 0 Å². The summed E-state index contributed by atoms with van der Waals surface area (Å²) in [4.78, 5) is 4.94. The number of hydrogen-bond donors (Lipinski definition) is 0. The lowest BCUT2D eigenvalue weighted by Gasteiger charge is -2.08. The topological polar surface area (TPSA) is 30.8 Å². The van der Waals surface area contributed by atoms with Gasteiger partial charge in [0.1, 0.15) is 18.6 Å². The summed E-state index contributed by atoms with van der Waals surface area (Å²) in [6, 6.07) is 10.4. The van der Waals surface area contributed by atoms with Crippen LogP contribution in [0.3, 0.4) is 0 Å². The molecule has 0 aliphatic carbocycles. The Balaban J connectivity index is 1.83. The van der Waals surface area contributed by atoms with E-state index in [1.54, 1.807) is 0 Å². The van der Waals surface area contributed by atoms with E-state index in [4.69, 9.17) is 4.84 Å². The van der Waals surface area contributed by atoms with Gasteiger partial charge in [0.15, 0.2) is 0 Å². The highest BCUT2D eigenvalue weighted by molar-refractivity contribution is 5.79. The zero-order valence-electron chi connectivity index (χ0n) is 12.1. The lowest BCUT2D eigenvalue weighted by molar-refractivity contribution is -0.274. The molecule has 2 aromatic rings. The second-order valence-electron chi connectivity index (χ2n) is 4.59. The number of ether oxygens (including phenoxy) is 1. The van der Waals surface area contributed by atoms with Gasteiger partial charge in [-0.05, 0) is 17.7 Å². The molecule has 0 aromatic heterocycles. The first kappa shape index (κ1) is 17.7. The molecule has 0 spiro atoms. The molecule has 0 heterocycles. The summed E-state index contributed by atoms with van der Waals surface area (Å²) in [5.41, 5.74) is 0.916. The fourth-order valence-electron chi connectivity index (χ4n) is 1.68. The summed E-state index contributed by atoms with van der Waals surface area (Å²) in [5, 5.41) is 3.54. The van der Waals surface area contributed by atoms with Crippen molar-refractivity contribution in [2.75, 3.05) is 0 Å². The second-order valence-corrected chi connectivity index (χ2v) is 4.59. The molecule has 2 aromatic carbocycles. The first-order valence-electron chi connectivity index (χ1n) is 6.64. The fourth-order valence-corrected chi connectivity index (χ4v) is 1.68. The van der Waals surface area contributed by atoms with Gasteiger partial charge in [-0.1, -0.05) is 41.6 Å². The Labute approximate surface area is 134 Å². The molecule has 0 saturated heterocycles. The highest BCUT2D eigenvalue weighted by Crippen LogP contribution is 2.23. The molecular formula is C16H11F5NO2. The van der Waals surface area contributed by atoms with Crippen LogP contribution in [0.2, 0.25) is 0 Å². The average Bonchev–Trinajstić information content (AvgIpc) is 2.52. The van der Waals surface area contributed by atoms with Crippen LogP contribution in [0.4, 0.5) is 22.0 Å². The van der Waals surface area contributed by atoms with Gasteiger partial charge in [-0.15, -0.1) is 13.2 Å². The third-order valence-corrected chi connectivity index (χ3v) is 2.79. The van der Waals surface area contributed by atoms with Gasteiger partial charge in [0.2, 0.25) is 0 Å². The van der Waals surface area contributed by atoms with E-state index in [9.17, 15) is 22.0 Å². The molecule has 0 saturated carbocycles. The zero-order chi connectivity index (χ0) is 17.6. The van der Waals surface area contributed by atoms with Crippen molar-refractivity contribution in [3.63, 3.8) is 0 Å². The van der Waals surface area contributed by atoms with E-state index in [0.29, 0.717) is 11.1 Å². The molecule has 0 N–H and O–H groups in total. The van der Waals surface area contributed by atoms with Gasteiger partial charge in [-0.25, -0.2) is 8.78 Å². The summed E-state index contributed by atoms with van der Waals surface area (Å²) in [6.07, 6.45) is -4.78. The molecule has 24 heavy (non-hydrogen) atoms. The van der Waals surface area contributed by atoms with Crippen molar-refractivity contribution in [3.05, 3.63) is 65.2 Å². The SMILES string of the molecule is FC(F)c1ccc(/[C]=N\OCc2ccc(OC(F)(F)F)cc2)cc1. The first-order chi connectivity index (χ1) is 11.3. The monoisotopic (exact) mass is 344 g/mol. The van der Waals surface area contributed by atoms with Crippen molar-refractivity contribution in [2.24, 2.45) is 5.16 Å². The van der Waals surface area contributed by atoms with Crippen LogP contribution in [-0.2, 0) is 11.4 Å². The van der Waals surface area contributed by atoms with Crippen molar-refractivity contribution < 1.29 is 31.5 Å². The van der Waals surface area contributed by atoms with Gasteiger partial charge >= 0.3 is 6.36 Å². The van der Waals surface area contributed by atoms with Crippen LogP contribution in [0, 0.1) is 0 Å². The summed E-state index contributed by atoms with van der Waals surface area (Å²) in [6.45, 7) is 0.00835. The Hall–Kier alpha value is -2.64. The quantitative estimate of drug-likeness (QED) is 0.422. The number of alkyl halides is 5. The number of benzene rings is 2. The molecule has 1 radical (unpaired) electrons. The molecule has 0 bridgehead atoms. The number of halogens is 5. The molecule has 0 amide bonds. The molecular weight excluding hydrogens is 333 g/mol. The third-order valence-electron chi connectivity index (χ3n) is 2.79. The van der Waals surface area contributed by atoms with Crippen molar-refractivity contribution in [1.82, 2.24) is 0 Å². The minimum atomic E-state index is -4.74. The molecule has 0 aliphatic rings. The van der Waals surface area contributed by atoms with E-state index in [2.05, 4.69) is 16.1 Å². The highest BCUT2D eigenvalue weighted by Gasteiger charge is 2.30. The van der Waals surface area contributed by atoms with Crippen LogP contribution in [0.25, 0.3) is 0 Å². The molecule has 0 atom stereocenters. The lowest BCUT2D eigenvalue weighted by Crippen LogP contribution is -2.17. The average molecular weight is 344 g/mol. The molecule has 0 fully saturated rings. The van der Waals surface area contributed by atoms with Crippen LogP contribution in [0.1, 0.15) is 23.1 Å². The highest BCUT2D eigenvalue weighted by atomic mass is 19.4. The van der Waals surface area contributed by atoms with Crippen molar-refractivity contribution in [2.45, 2.75) is 19.4 Å². The number of hydrogen-bond acceptors (Lipinski definition) is 3. The summed E-state index contributed by atoms with van der Waals surface area (Å²) >= 11 is 0. The predicted molar refractivity (Wildman–Crippen MR) is 75.9 cm³/mol. The van der Waals surface area contributed by atoms with Gasteiger partial charge in [-0.2, -0.15) is 0 Å². The molecule has 127 valence electrons. The maximum absolute atomic E-state index is 12.4. The van der Waals surface area contributed by atoms with E-state index in [1.807, 2.05) is 0 Å². The van der Waals surface area contributed by atoms with Crippen LogP contribution < -0.4 is 4.74 Å². The van der Waals surface area contributed by atoms with E-state index in [-0.39, 0.29) is 17.9 Å². The first-order valence-corrected chi connectivity index (χ1v) is 6.64. The van der Waals surface area contributed by atoms with E-state index < -0.39 is 12.8 Å². The number of rotatable bonds is 6. The summed E-state index contributed by atoms with van der Waals surface area (Å²) in [7, 11) is 0. The minimum Gasteiger partial charge on any atom is -0.406 e. The Kier molecular flexibility index (Phi) is 5.73. The molecule has 8 heteroatoms. The maximum atomic E-state index is 12.4. The van der Waals surface area contributed by atoms with Crippen molar-refractivity contribution in [3.8, 4) is 5.75 Å². The van der Waals surface area contributed by atoms with Crippen molar-refractivity contribution in [1.29, 1.82) is 0 Å². The summed E-state index contributed by atoms with van der Waals surface area (Å²) in [5.74, 6) is -0.333. The van der Waals surface area contributed by atoms with Crippen LogP contribution in [-0.4, -0.2) is 12.6 Å². The lowest BCUT2D eigenvalue weighted by atomic mass is 10.1. The van der Waals surface area contributed by atoms with Gasteiger partial charge in [0, 0.05) is 11.1 Å². The van der Waals surface area contributed by atoms with Crippen molar-refractivity contribution >= 4 is 6.21 Å². The molecule has 0 aliphatic heterocycles. The third kappa shape index (κ3) is 5.86. The van der Waals surface area contributed by atoms with E-state index >= 15 is 0 Å². The Bertz CT molecular complexity index is 666. The normalized spacial score (nSPS) is 11.9. The zero-order valence-corrected chi connectivity index (χ0v) is 12.1. The van der Waals surface area contributed by atoms with E-state index in [1.165, 1.54) is 36.4 Å². The molecule has 3 nitrogen and oxygen atoms in total. The van der Waals surface area contributed by atoms with Gasteiger partial charge in [-0.3, -0.25) is 0 Å². The maximum Gasteiger partial charge on any atom is 0.573 e. The number of nitrogens with zero attached hydrogens (tertiary/aromatic N) is 1. The molecule has 2 rings (SSSR count). The Morgan fingerprint density at radius 1 is 0.958 bits per heavy atom. The molecule has 0 unspecified atom stereocenters. The van der Waals surface area contributed by atoms with Crippen LogP contribution in [0.15, 0.2) is 53.7 Å². The summed E-state index contributed by atoms with van der Waals surface area (Å²) < 4.78 is 64.5. The van der Waals surface area contributed by atoms with Gasteiger partial charge in [0.25, 0.3) is 6.43 Å². The standard InChI is InChI=1S/C16H11F5NO2/c17-15(18)13-5-1-11(2-6-13)9-22-23-10-12-3-7-14(8-4-12)24-16(19,20)21/h1-8,15H,10H2. The van der Waals surface area contributed by atoms with E-state index in [0.717, 1.165) is 12.1 Å². The second kappa shape index (κ2) is 7.76. The largest absolute Gasteiger partial charge is 0.573 e. The van der Waals surface area contributed by atoms with Crippen LogP contribution in [0.5, 0.6) is 5.75 Å². The Morgan fingerprint density at radius 2 is 1.58 bits per heavy atom. The predicted octanol–water partition coefficient (Wildman–Crippen LogP) is 4.95. The minimum absolute atomic E-state index is 0.00835. The Morgan fingerprint density at radius 3 is 2.12 bits per heavy atom. The van der Waals surface area contributed by atoms with Gasteiger partial charge < -0.3 is 9.57 Å². The van der Waals surface area contributed by atoms with Gasteiger partial charge in [0.05, 0.1) is 0 Å².